The number of aromatic nitrogens is 2. The molecule has 6 rings (SSSR count). The van der Waals surface area contributed by atoms with Crippen molar-refractivity contribution in [2.75, 3.05) is 7.11 Å². The zero-order chi connectivity index (χ0) is 21.3. The van der Waals surface area contributed by atoms with Gasteiger partial charge in [-0.25, -0.2) is 4.98 Å². The molecule has 1 aliphatic rings. The molecule has 4 nitrogen and oxygen atoms in total. The van der Waals surface area contributed by atoms with Gasteiger partial charge < -0.3 is 14.1 Å². The molecule has 0 radical (unpaired) electrons. The van der Waals surface area contributed by atoms with Gasteiger partial charge in [0.2, 0.25) is 0 Å². The zero-order valence-corrected chi connectivity index (χ0v) is 18.4. The lowest BCUT2D eigenvalue weighted by Gasteiger charge is -2.33. The number of fused-ring (bicyclic) bond motifs is 8. The molecule has 1 aliphatic carbocycles. The molecule has 0 saturated carbocycles. The maximum Gasteiger partial charge on any atom is 0.144 e. The number of imidazole rings is 1. The minimum Gasteiger partial charge on any atom is -0.497 e. The van der Waals surface area contributed by atoms with Crippen molar-refractivity contribution in [1.82, 2.24) is 9.97 Å². The number of benzene rings is 3. The van der Waals surface area contributed by atoms with Crippen LogP contribution in [0.25, 0.3) is 44.2 Å². The lowest BCUT2D eigenvalue weighted by Crippen LogP contribution is -2.23. The van der Waals surface area contributed by atoms with Gasteiger partial charge in [-0.1, -0.05) is 38.1 Å². The van der Waals surface area contributed by atoms with Gasteiger partial charge in [0.05, 0.1) is 24.4 Å². The molecule has 0 amide bonds. The Labute approximate surface area is 181 Å². The van der Waals surface area contributed by atoms with E-state index in [1.54, 1.807) is 7.11 Å². The number of nitrogens with zero attached hydrogens (tertiary/aromatic N) is 1. The van der Waals surface area contributed by atoms with E-state index >= 15 is 0 Å². The van der Waals surface area contributed by atoms with E-state index in [1.807, 2.05) is 24.5 Å². The second kappa shape index (κ2) is 6.36. The van der Waals surface area contributed by atoms with Gasteiger partial charge >= 0.3 is 0 Å². The molecule has 4 heteroatoms. The second-order valence-corrected chi connectivity index (χ2v) is 9.42. The number of nitrogens with one attached hydrogen (secondary N) is 1. The number of furan rings is 1. The summed E-state index contributed by atoms with van der Waals surface area (Å²) < 4.78 is 11.5. The highest BCUT2D eigenvalue weighted by atomic mass is 16.5. The summed E-state index contributed by atoms with van der Waals surface area (Å²) >= 11 is 0. The molecule has 0 unspecified atom stereocenters. The summed E-state index contributed by atoms with van der Waals surface area (Å²) in [5.74, 6) is 1.68. The molecular formula is C27H26N2O2. The number of methoxy groups -OCH3 is 1. The highest BCUT2D eigenvalue weighted by molar-refractivity contribution is 6.23. The van der Waals surface area contributed by atoms with Gasteiger partial charge in [-0.2, -0.15) is 0 Å². The van der Waals surface area contributed by atoms with Crippen molar-refractivity contribution in [2.45, 2.75) is 45.4 Å². The topological polar surface area (TPSA) is 51.0 Å². The number of rotatable bonds is 2. The third kappa shape index (κ3) is 2.57. The standard InChI is InChI=1S/C27H26N2O2/c1-15-14-31-25-19-10-11-20-18(9-6-12-27(20,2)3)22(19)24-23(21(15)25)28-26(29-24)16-7-5-8-17(13-16)30-4/h5,7-8,10-11,13-14H,6,9,12H2,1-4H3,(H,28,29). The van der Waals surface area contributed by atoms with Gasteiger partial charge in [0, 0.05) is 21.7 Å². The minimum absolute atomic E-state index is 0.175. The van der Waals surface area contributed by atoms with Crippen LogP contribution >= 0.6 is 0 Å². The van der Waals surface area contributed by atoms with E-state index in [4.69, 9.17) is 14.1 Å². The van der Waals surface area contributed by atoms with Gasteiger partial charge in [-0.15, -0.1) is 0 Å². The van der Waals surface area contributed by atoms with Crippen molar-refractivity contribution < 1.29 is 9.15 Å². The number of hydrogen-bond donors (Lipinski definition) is 1. The summed E-state index contributed by atoms with van der Waals surface area (Å²) in [6.45, 7) is 6.82. The van der Waals surface area contributed by atoms with Crippen LogP contribution in [0.15, 0.2) is 47.1 Å². The third-order valence-corrected chi connectivity index (χ3v) is 7.02. The average molecular weight is 411 g/mol. The zero-order valence-electron chi connectivity index (χ0n) is 18.4. The molecule has 0 aliphatic heterocycles. The SMILES string of the molecule is COc1cccc(-c2nc3c([nH]2)c2c(C)coc2c2ccc4c(c23)CCCC4(C)C)c1. The fourth-order valence-corrected chi connectivity index (χ4v) is 5.44. The van der Waals surface area contributed by atoms with Crippen molar-refractivity contribution in [3.8, 4) is 17.1 Å². The van der Waals surface area contributed by atoms with Crippen LogP contribution in [0, 0.1) is 6.92 Å². The Hall–Kier alpha value is -3.27. The van der Waals surface area contributed by atoms with Crippen LogP contribution in [0.3, 0.4) is 0 Å². The van der Waals surface area contributed by atoms with Gasteiger partial charge in [0.25, 0.3) is 0 Å². The Balaban J connectivity index is 1.77. The molecule has 0 bridgehead atoms. The van der Waals surface area contributed by atoms with Crippen LogP contribution in [0.5, 0.6) is 5.75 Å². The molecule has 0 fully saturated rings. The number of hydrogen-bond acceptors (Lipinski definition) is 3. The quantitative estimate of drug-likeness (QED) is 0.339. The second-order valence-electron chi connectivity index (χ2n) is 9.42. The lowest BCUT2D eigenvalue weighted by atomic mass is 9.71. The first-order valence-corrected chi connectivity index (χ1v) is 11.0. The van der Waals surface area contributed by atoms with Gasteiger partial charge in [-0.05, 0) is 60.4 Å². The molecule has 156 valence electrons. The molecule has 31 heavy (non-hydrogen) atoms. The first-order chi connectivity index (χ1) is 15.0. The predicted molar refractivity (Wildman–Crippen MR) is 126 cm³/mol. The molecule has 5 aromatic rings. The highest BCUT2D eigenvalue weighted by Crippen LogP contribution is 2.45. The molecule has 0 atom stereocenters. The normalized spacial score (nSPS) is 15.6. The monoisotopic (exact) mass is 410 g/mol. The van der Waals surface area contributed by atoms with E-state index in [-0.39, 0.29) is 5.41 Å². The Morgan fingerprint density at radius 1 is 1.13 bits per heavy atom. The highest BCUT2D eigenvalue weighted by Gasteiger charge is 2.30. The summed E-state index contributed by atoms with van der Waals surface area (Å²) in [5.41, 5.74) is 8.24. The first-order valence-electron chi connectivity index (χ1n) is 11.0. The third-order valence-electron chi connectivity index (χ3n) is 7.02. The summed E-state index contributed by atoms with van der Waals surface area (Å²) in [6.07, 6.45) is 5.35. The molecule has 1 N–H and O–H groups in total. The first kappa shape index (κ1) is 18.5. The van der Waals surface area contributed by atoms with Crippen molar-refractivity contribution >= 4 is 32.8 Å². The van der Waals surface area contributed by atoms with Crippen molar-refractivity contribution in [1.29, 1.82) is 0 Å². The van der Waals surface area contributed by atoms with Crippen molar-refractivity contribution in [3.63, 3.8) is 0 Å². The van der Waals surface area contributed by atoms with E-state index in [2.05, 4.69) is 44.0 Å². The van der Waals surface area contributed by atoms with E-state index in [0.717, 1.165) is 56.5 Å². The Bertz CT molecular complexity index is 1490. The van der Waals surface area contributed by atoms with Crippen LogP contribution in [0.1, 0.15) is 43.4 Å². The smallest absolute Gasteiger partial charge is 0.144 e. The molecule has 0 saturated heterocycles. The predicted octanol–water partition coefficient (Wildman–Crippen LogP) is 7.06. The molecule has 3 aromatic carbocycles. The van der Waals surface area contributed by atoms with Crippen LogP contribution in [0.4, 0.5) is 0 Å². The van der Waals surface area contributed by atoms with Crippen LogP contribution in [-0.4, -0.2) is 17.1 Å². The van der Waals surface area contributed by atoms with Crippen molar-refractivity contribution in [2.24, 2.45) is 0 Å². The largest absolute Gasteiger partial charge is 0.497 e. The molecule has 2 heterocycles. The molecule has 2 aromatic heterocycles. The van der Waals surface area contributed by atoms with Crippen LogP contribution in [0.2, 0.25) is 0 Å². The van der Waals surface area contributed by atoms with Gasteiger partial charge in [0.1, 0.15) is 17.2 Å². The van der Waals surface area contributed by atoms with Crippen LogP contribution < -0.4 is 4.74 Å². The Morgan fingerprint density at radius 3 is 2.84 bits per heavy atom. The summed E-state index contributed by atoms with van der Waals surface area (Å²) in [7, 11) is 1.69. The number of aromatic amines is 1. The Morgan fingerprint density at radius 2 is 2.00 bits per heavy atom. The minimum atomic E-state index is 0.175. The van der Waals surface area contributed by atoms with E-state index in [1.165, 1.54) is 29.4 Å². The maximum atomic E-state index is 6.10. The summed E-state index contributed by atoms with van der Waals surface area (Å²) in [6, 6.07) is 12.6. The maximum absolute atomic E-state index is 6.10. The van der Waals surface area contributed by atoms with Gasteiger partial charge in [0.15, 0.2) is 0 Å². The van der Waals surface area contributed by atoms with E-state index in [9.17, 15) is 0 Å². The van der Waals surface area contributed by atoms with E-state index in [0.29, 0.717) is 0 Å². The van der Waals surface area contributed by atoms with E-state index < -0.39 is 0 Å². The lowest BCUT2D eigenvalue weighted by molar-refractivity contribution is 0.415. The molecule has 0 spiro atoms. The summed E-state index contributed by atoms with van der Waals surface area (Å²) in [5, 5.41) is 3.53. The fraction of sp³-hybridized carbons (Fsp3) is 0.296. The van der Waals surface area contributed by atoms with Gasteiger partial charge in [-0.3, -0.25) is 0 Å². The summed E-state index contributed by atoms with van der Waals surface area (Å²) in [4.78, 5) is 8.79. The number of aryl methyl sites for hydroxylation is 2. The number of ether oxygens (including phenoxy) is 1. The molecular weight excluding hydrogens is 384 g/mol. The van der Waals surface area contributed by atoms with Crippen molar-refractivity contribution in [3.05, 3.63) is 59.4 Å². The van der Waals surface area contributed by atoms with Crippen LogP contribution in [-0.2, 0) is 11.8 Å². The Kier molecular flexibility index (Phi) is 3.80. The average Bonchev–Trinajstić information content (AvgIpc) is 3.37. The number of H-pyrrole nitrogens is 1. The fourth-order valence-electron chi connectivity index (χ4n) is 5.44.